The highest BCUT2D eigenvalue weighted by molar-refractivity contribution is 7.07. The van der Waals surface area contributed by atoms with Gasteiger partial charge in [-0.15, -0.1) is 11.3 Å². The molecule has 8 heteroatoms. The Labute approximate surface area is 113 Å². The summed E-state index contributed by atoms with van der Waals surface area (Å²) in [6.07, 6.45) is 0.701. The summed E-state index contributed by atoms with van der Waals surface area (Å²) < 4.78 is 0. The Morgan fingerprint density at radius 2 is 2.32 bits per heavy atom. The Kier molecular flexibility index (Phi) is 4.24. The van der Waals surface area contributed by atoms with Gasteiger partial charge in [0.25, 0.3) is 0 Å². The summed E-state index contributed by atoms with van der Waals surface area (Å²) in [5.74, 6) is 0.855. The van der Waals surface area contributed by atoms with E-state index in [4.69, 9.17) is 0 Å². The SMILES string of the molecule is CNc1ccc([N+](=O)[O-])c(NCCc2cscn2)n1. The Hall–Kier alpha value is -2.22. The molecule has 0 amide bonds. The number of hydrogen-bond acceptors (Lipinski definition) is 7. The predicted molar refractivity (Wildman–Crippen MR) is 74.7 cm³/mol. The molecule has 0 radical (unpaired) electrons. The Balaban J connectivity index is 2.06. The molecule has 100 valence electrons. The Morgan fingerprint density at radius 1 is 1.47 bits per heavy atom. The van der Waals surface area contributed by atoms with Crippen LogP contribution in [0.1, 0.15) is 5.69 Å². The fraction of sp³-hybridized carbons (Fsp3) is 0.273. The van der Waals surface area contributed by atoms with Gasteiger partial charge in [0.05, 0.1) is 16.1 Å². The van der Waals surface area contributed by atoms with Crippen LogP contribution >= 0.6 is 11.3 Å². The van der Waals surface area contributed by atoms with Gasteiger partial charge in [0.15, 0.2) is 0 Å². The number of hydrogen-bond donors (Lipinski definition) is 2. The fourth-order valence-electron chi connectivity index (χ4n) is 1.54. The minimum absolute atomic E-state index is 0.0303. The van der Waals surface area contributed by atoms with E-state index in [-0.39, 0.29) is 11.5 Å². The first-order valence-electron chi connectivity index (χ1n) is 5.65. The van der Waals surface area contributed by atoms with Crippen molar-refractivity contribution in [2.24, 2.45) is 0 Å². The lowest BCUT2D eigenvalue weighted by Gasteiger charge is -2.07. The first-order valence-corrected chi connectivity index (χ1v) is 6.59. The quantitative estimate of drug-likeness (QED) is 0.621. The Bertz CT molecular complexity index is 558. The van der Waals surface area contributed by atoms with E-state index in [1.165, 1.54) is 17.4 Å². The molecule has 7 nitrogen and oxygen atoms in total. The van der Waals surface area contributed by atoms with E-state index in [9.17, 15) is 10.1 Å². The van der Waals surface area contributed by atoms with Gasteiger partial charge in [-0.2, -0.15) is 0 Å². The molecule has 0 saturated heterocycles. The van der Waals surface area contributed by atoms with Crippen molar-refractivity contribution in [1.82, 2.24) is 9.97 Å². The van der Waals surface area contributed by atoms with Gasteiger partial charge in [-0.3, -0.25) is 10.1 Å². The van der Waals surface area contributed by atoms with Gasteiger partial charge >= 0.3 is 5.69 Å². The molecular formula is C11H13N5O2S. The second kappa shape index (κ2) is 6.10. The Morgan fingerprint density at radius 3 is 2.95 bits per heavy atom. The number of nitro groups is 1. The molecule has 2 aromatic heterocycles. The van der Waals surface area contributed by atoms with Crippen LogP contribution in [0.5, 0.6) is 0 Å². The molecule has 0 aliphatic heterocycles. The standard InChI is InChI=1S/C11H13N5O2S/c1-12-10-3-2-9(16(17)18)11(15-10)13-5-4-8-6-19-7-14-8/h2-3,6-7H,4-5H2,1H3,(H2,12,13,15). The minimum atomic E-state index is -0.447. The number of anilines is 2. The average molecular weight is 279 g/mol. The molecule has 2 heterocycles. The number of rotatable bonds is 6. The van der Waals surface area contributed by atoms with E-state index in [0.717, 1.165) is 5.69 Å². The molecule has 0 aliphatic rings. The van der Waals surface area contributed by atoms with Gasteiger partial charge in [-0.05, 0) is 6.07 Å². The maximum atomic E-state index is 10.9. The number of thiazole rings is 1. The lowest BCUT2D eigenvalue weighted by Crippen LogP contribution is -2.09. The summed E-state index contributed by atoms with van der Waals surface area (Å²) in [4.78, 5) is 18.8. The van der Waals surface area contributed by atoms with E-state index in [1.54, 1.807) is 18.6 Å². The largest absolute Gasteiger partial charge is 0.373 e. The van der Waals surface area contributed by atoms with Gasteiger partial charge in [0, 0.05) is 31.5 Å². The molecule has 0 atom stereocenters. The maximum absolute atomic E-state index is 10.9. The van der Waals surface area contributed by atoms with E-state index < -0.39 is 4.92 Å². The van der Waals surface area contributed by atoms with Crippen molar-refractivity contribution in [3.63, 3.8) is 0 Å². The lowest BCUT2D eigenvalue weighted by molar-refractivity contribution is -0.384. The summed E-state index contributed by atoms with van der Waals surface area (Å²) in [6.45, 7) is 0.546. The zero-order valence-corrected chi connectivity index (χ0v) is 11.1. The molecule has 0 aromatic carbocycles. The fourth-order valence-corrected chi connectivity index (χ4v) is 2.13. The highest BCUT2D eigenvalue weighted by Gasteiger charge is 2.15. The van der Waals surface area contributed by atoms with Crippen LogP contribution in [0.25, 0.3) is 0 Å². The van der Waals surface area contributed by atoms with Crippen molar-refractivity contribution >= 4 is 28.7 Å². The zero-order chi connectivity index (χ0) is 13.7. The van der Waals surface area contributed by atoms with Crippen LogP contribution in [-0.4, -0.2) is 28.5 Å². The summed E-state index contributed by atoms with van der Waals surface area (Å²) in [6, 6.07) is 3.01. The molecule has 0 unspecified atom stereocenters. The van der Waals surface area contributed by atoms with E-state index in [2.05, 4.69) is 20.6 Å². The third kappa shape index (κ3) is 3.38. The molecular weight excluding hydrogens is 266 g/mol. The van der Waals surface area contributed by atoms with Crippen LogP contribution < -0.4 is 10.6 Å². The molecule has 0 bridgehead atoms. The molecule has 2 aromatic rings. The van der Waals surface area contributed by atoms with E-state index in [1.807, 2.05) is 5.38 Å². The molecule has 0 aliphatic carbocycles. The van der Waals surface area contributed by atoms with Crippen molar-refractivity contribution in [3.8, 4) is 0 Å². The highest BCUT2D eigenvalue weighted by Crippen LogP contribution is 2.23. The molecule has 0 saturated carbocycles. The van der Waals surface area contributed by atoms with Gasteiger partial charge in [0.1, 0.15) is 5.82 Å². The van der Waals surface area contributed by atoms with E-state index in [0.29, 0.717) is 18.8 Å². The van der Waals surface area contributed by atoms with Crippen LogP contribution in [0.4, 0.5) is 17.3 Å². The van der Waals surface area contributed by atoms with Crippen molar-refractivity contribution in [2.45, 2.75) is 6.42 Å². The smallest absolute Gasteiger partial charge is 0.311 e. The number of nitrogens with one attached hydrogen (secondary N) is 2. The zero-order valence-electron chi connectivity index (χ0n) is 10.3. The number of nitrogens with zero attached hydrogens (tertiary/aromatic N) is 3. The third-order valence-electron chi connectivity index (χ3n) is 2.48. The monoisotopic (exact) mass is 279 g/mol. The summed E-state index contributed by atoms with van der Waals surface area (Å²) in [5.41, 5.74) is 2.69. The average Bonchev–Trinajstić information content (AvgIpc) is 2.91. The van der Waals surface area contributed by atoms with Crippen LogP contribution in [0.3, 0.4) is 0 Å². The van der Waals surface area contributed by atoms with Crippen molar-refractivity contribution in [3.05, 3.63) is 38.8 Å². The normalized spacial score (nSPS) is 10.2. The molecule has 19 heavy (non-hydrogen) atoms. The highest BCUT2D eigenvalue weighted by atomic mass is 32.1. The number of aromatic nitrogens is 2. The molecule has 2 rings (SSSR count). The van der Waals surface area contributed by atoms with Crippen LogP contribution in [0.15, 0.2) is 23.0 Å². The summed E-state index contributed by atoms with van der Waals surface area (Å²) >= 11 is 1.53. The van der Waals surface area contributed by atoms with Gasteiger partial charge in [-0.1, -0.05) is 0 Å². The van der Waals surface area contributed by atoms with Crippen LogP contribution in [0.2, 0.25) is 0 Å². The predicted octanol–water partition coefficient (Wildman–Crippen LogP) is 2.14. The third-order valence-corrected chi connectivity index (χ3v) is 3.12. The molecule has 0 spiro atoms. The van der Waals surface area contributed by atoms with Crippen molar-refractivity contribution in [1.29, 1.82) is 0 Å². The number of pyridine rings is 1. The van der Waals surface area contributed by atoms with Gasteiger partial charge in [0.2, 0.25) is 5.82 Å². The van der Waals surface area contributed by atoms with E-state index >= 15 is 0 Å². The maximum Gasteiger partial charge on any atom is 0.311 e. The van der Waals surface area contributed by atoms with Crippen LogP contribution in [-0.2, 0) is 6.42 Å². The van der Waals surface area contributed by atoms with Gasteiger partial charge < -0.3 is 10.6 Å². The minimum Gasteiger partial charge on any atom is -0.373 e. The van der Waals surface area contributed by atoms with Gasteiger partial charge in [-0.25, -0.2) is 9.97 Å². The first kappa shape index (κ1) is 13.2. The molecule has 0 fully saturated rings. The summed E-state index contributed by atoms with van der Waals surface area (Å²) in [5, 5.41) is 18.7. The topological polar surface area (TPSA) is 93.0 Å². The second-order valence-corrected chi connectivity index (χ2v) is 4.45. The van der Waals surface area contributed by atoms with Crippen molar-refractivity contribution in [2.75, 3.05) is 24.2 Å². The second-order valence-electron chi connectivity index (χ2n) is 3.73. The van der Waals surface area contributed by atoms with Crippen LogP contribution in [0, 0.1) is 10.1 Å². The summed E-state index contributed by atoms with van der Waals surface area (Å²) in [7, 11) is 1.72. The molecule has 2 N–H and O–H groups in total. The first-order chi connectivity index (χ1) is 9.20. The van der Waals surface area contributed by atoms with Crippen molar-refractivity contribution < 1.29 is 4.92 Å². The lowest BCUT2D eigenvalue weighted by atomic mass is 10.3.